The SMILES string of the molecule is CCN(CC(C)C(N)=S)C(=O)c1cc(C)nnc1C. The molecule has 5 nitrogen and oxygen atoms in total. The van der Waals surface area contributed by atoms with Gasteiger partial charge in [0.05, 0.1) is 21.9 Å². The number of carbonyl (C=O) groups is 1. The first-order chi connectivity index (χ1) is 8.86. The van der Waals surface area contributed by atoms with Crippen molar-refractivity contribution in [3.05, 3.63) is 23.0 Å². The zero-order valence-corrected chi connectivity index (χ0v) is 12.6. The highest BCUT2D eigenvalue weighted by atomic mass is 32.1. The predicted octanol–water partition coefficient (Wildman–Crippen LogP) is 1.48. The van der Waals surface area contributed by atoms with Crippen LogP contribution in [0, 0.1) is 19.8 Å². The van der Waals surface area contributed by atoms with Gasteiger partial charge in [0, 0.05) is 19.0 Å². The molecule has 0 spiro atoms. The van der Waals surface area contributed by atoms with Crippen LogP contribution in [0.3, 0.4) is 0 Å². The van der Waals surface area contributed by atoms with Gasteiger partial charge in [-0.05, 0) is 26.8 Å². The third kappa shape index (κ3) is 3.96. The first-order valence-electron chi connectivity index (χ1n) is 6.26. The van der Waals surface area contributed by atoms with Crippen LogP contribution in [0.5, 0.6) is 0 Å². The zero-order valence-electron chi connectivity index (χ0n) is 11.8. The van der Waals surface area contributed by atoms with Crippen LogP contribution in [0.1, 0.15) is 35.6 Å². The maximum absolute atomic E-state index is 12.5. The van der Waals surface area contributed by atoms with E-state index in [0.717, 1.165) is 5.69 Å². The Balaban J connectivity index is 2.95. The second kappa shape index (κ2) is 6.56. The van der Waals surface area contributed by atoms with Gasteiger partial charge >= 0.3 is 0 Å². The molecule has 0 saturated carbocycles. The van der Waals surface area contributed by atoms with Gasteiger partial charge in [0.25, 0.3) is 5.91 Å². The Bertz CT molecular complexity index is 490. The molecule has 19 heavy (non-hydrogen) atoms. The number of hydrogen-bond acceptors (Lipinski definition) is 4. The van der Waals surface area contributed by atoms with Crippen molar-refractivity contribution in [1.82, 2.24) is 15.1 Å². The maximum Gasteiger partial charge on any atom is 0.255 e. The standard InChI is InChI=1S/C13H20N4OS/c1-5-17(7-8(2)12(14)19)13(18)11-6-9(3)15-16-10(11)4/h6,8H,5,7H2,1-4H3,(H2,14,19). The maximum atomic E-state index is 12.5. The van der Waals surface area contributed by atoms with Crippen molar-refractivity contribution in [2.45, 2.75) is 27.7 Å². The van der Waals surface area contributed by atoms with Crippen molar-refractivity contribution < 1.29 is 4.79 Å². The van der Waals surface area contributed by atoms with Crippen molar-refractivity contribution in [3.8, 4) is 0 Å². The lowest BCUT2D eigenvalue weighted by Crippen LogP contribution is -2.38. The number of rotatable bonds is 5. The quantitative estimate of drug-likeness (QED) is 0.827. The summed E-state index contributed by atoms with van der Waals surface area (Å²) < 4.78 is 0. The number of thiocarbonyl (C=S) groups is 1. The lowest BCUT2D eigenvalue weighted by Gasteiger charge is -2.24. The lowest BCUT2D eigenvalue weighted by atomic mass is 10.1. The molecular weight excluding hydrogens is 260 g/mol. The Labute approximate surface area is 119 Å². The van der Waals surface area contributed by atoms with Crippen molar-refractivity contribution in [1.29, 1.82) is 0 Å². The predicted molar refractivity (Wildman–Crippen MR) is 79.0 cm³/mol. The number of aryl methyl sites for hydroxylation is 2. The second-order valence-electron chi connectivity index (χ2n) is 4.63. The van der Waals surface area contributed by atoms with Crippen LogP contribution in [0.15, 0.2) is 6.07 Å². The number of carbonyl (C=O) groups excluding carboxylic acids is 1. The molecule has 104 valence electrons. The summed E-state index contributed by atoms with van der Waals surface area (Å²) in [7, 11) is 0. The molecule has 1 heterocycles. The van der Waals surface area contributed by atoms with Gasteiger partial charge in [0.2, 0.25) is 0 Å². The van der Waals surface area contributed by atoms with E-state index in [1.165, 1.54) is 0 Å². The van der Waals surface area contributed by atoms with Crippen LogP contribution in [-0.4, -0.2) is 39.1 Å². The molecule has 1 aromatic heterocycles. The largest absolute Gasteiger partial charge is 0.393 e. The van der Waals surface area contributed by atoms with Crippen LogP contribution in [0.25, 0.3) is 0 Å². The van der Waals surface area contributed by atoms with Gasteiger partial charge in [-0.1, -0.05) is 19.1 Å². The third-order valence-corrected chi connectivity index (χ3v) is 3.38. The molecule has 1 atom stereocenters. The number of nitrogens with two attached hydrogens (primary N) is 1. The van der Waals surface area contributed by atoms with Crippen molar-refractivity contribution in [2.24, 2.45) is 11.7 Å². The van der Waals surface area contributed by atoms with E-state index in [0.29, 0.717) is 29.3 Å². The van der Waals surface area contributed by atoms with E-state index < -0.39 is 0 Å². The number of aromatic nitrogens is 2. The fourth-order valence-corrected chi connectivity index (χ4v) is 1.79. The van der Waals surface area contributed by atoms with Gasteiger partial charge in [-0.2, -0.15) is 10.2 Å². The van der Waals surface area contributed by atoms with E-state index in [4.69, 9.17) is 18.0 Å². The molecule has 0 fully saturated rings. The van der Waals surface area contributed by atoms with E-state index in [1.807, 2.05) is 20.8 Å². The molecule has 0 saturated heterocycles. The van der Waals surface area contributed by atoms with Crippen molar-refractivity contribution >= 4 is 23.1 Å². The topological polar surface area (TPSA) is 72.1 Å². The first-order valence-corrected chi connectivity index (χ1v) is 6.67. The van der Waals surface area contributed by atoms with E-state index in [2.05, 4.69) is 10.2 Å². The van der Waals surface area contributed by atoms with E-state index in [-0.39, 0.29) is 11.8 Å². The van der Waals surface area contributed by atoms with Crippen LogP contribution in [0.2, 0.25) is 0 Å². The highest BCUT2D eigenvalue weighted by Gasteiger charge is 2.20. The molecule has 1 unspecified atom stereocenters. The highest BCUT2D eigenvalue weighted by molar-refractivity contribution is 7.80. The monoisotopic (exact) mass is 280 g/mol. The number of hydrogen-bond donors (Lipinski definition) is 1. The summed E-state index contributed by atoms with van der Waals surface area (Å²) >= 11 is 4.95. The van der Waals surface area contributed by atoms with Crippen molar-refractivity contribution in [2.75, 3.05) is 13.1 Å². The molecule has 1 amide bonds. The minimum atomic E-state index is -0.0545. The van der Waals surface area contributed by atoms with E-state index in [1.54, 1.807) is 17.9 Å². The third-order valence-electron chi connectivity index (χ3n) is 2.98. The molecule has 0 aromatic carbocycles. The van der Waals surface area contributed by atoms with Crippen LogP contribution in [0.4, 0.5) is 0 Å². The van der Waals surface area contributed by atoms with Crippen LogP contribution in [-0.2, 0) is 0 Å². The fourth-order valence-electron chi connectivity index (χ4n) is 1.71. The second-order valence-corrected chi connectivity index (χ2v) is 5.10. The summed E-state index contributed by atoms with van der Waals surface area (Å²) in [6.07, 6.45) is 0. The number of amides is 1. The molecule has 1 aromatic rings. The highest BCUT2D eigenvalue weighted by Crippen LogP contribution is 2.11. The fraction of sp³-hybridized carbons (Fsp3) is 0.538. The Kier molecular flexibility index (Phi) is 5.35. The molecular formula is C13H20N4OS. The van der Waals surface area contributed by atoms with Gasteiger partial charge in [0.1, 0.15) is 0 Å². The van der Waals surface area contributed by atoms with Crippen molar-refractivity contribution in [3.63, 3.8) is 0 Å². The summed E-state index contributed by atoms with van der Waals surface area (Å²) in [5.74, 6) is -0.0591. The Hall–Kier alpha value is -1.56. The van der Waals surface area contributed by atoms with Gasteiger partial charge in [-0.25, -0.2) is 0 Å². The van der Waals surface area contributed by atoms with E-state index in [9.17, 15) is 4.79 Å². The van der Waals surface area contributed by atoms with E-state index >= 15 is 0 Å². The van der Waals surface area contributed by atoms with Gasteiger partial charge in [0.15, 0.2) is 0 Å². The van der Waals surface area contributed by atoms with Crippen LogP contribution < -0.4 is 5.73 Å². The molecule has 0 aliphatic carbocycles. The molecule has 0 aliphatic heterocycles. The van der Waals surface area contributed by atoms with Gasteiger partial charge < -0.3 is 10.6 Å². The Morgan fingerprint density at radius 2 is 2.11 bits per heavy atom. The van der Waals surface area contributed by atoms with Gasteiger partial charge in [-0.3, -0.25) is 4.79 Å². The lowest BCUT2D eigenvalue weighted by molar-refractivity contribution is 0.0753. The average Bonchev–Trinajstić information content (AvgIpc) is 2.37. The molecule has 6 heteroatoms. The first kappa shape index (κ1) is 15.5. The molecule has 0 aliphatic rings. The zero-order chi connectivity index (χ0) is 14.6. The normalized spacial score (nSPS) is 12.0. The van der Waals surface area contributed by atoms with Gasteiger partial charge in [-0.15, -0.1) is 0 Å². The smallest absolute Gasteiger partial charge is 0.255 e. The molecule has 1 rings (SSSR count). The Morgan fingerprint density at radius 1 is 1.47 bits per heavy atom. The minimum Gasteiger partial charge on any atom is -0.393 e. The summed E-state index contributed by atoms with van der Waals surface area (Å²) in [6.45, 7) is 8.57. The molecule has 2 N–H and O–H groups in total. The van der Waals surface area contributed by atoms with Crippen LogP contribution >= 0.6 is 12.2 Å². The molecule has 0 radical (unpaired) electrons. The molecule has 0 bridgehead atoms. The minimum absolute atomic E-state index is 0.00454. The summed E-state index contributed by atoms with van der Waals surface area (Å²) in [6, 6.07) is 1.76. The summed E-state index contributed by atoms with van der Waals surface area (Å²) in [4.78, 5) is 14.6. The summed E-state index contributed by atoms with van der Waals surface area (Å²) in [5.41, 5.74) is 7.56. The summed E-state index contributed by atoms with van der Waals surface area (Å²) in [5, 5.41) is 7.92. The number of nitrogens with zero attached hydrogens (tertiary/aromatic N) is 3. The Morgan fingerprint density at radius 3 is 2.63 bits per heavy atom. The average molecular weight is 280 g/mol.